The molecule has 2 aliphatic rings. The molecule has 38 heavy (non-hydrogen) atoms. The van der Waals surface area contributed by atoms with Gasteiger partial charge in [0.05, 0.1) is 59.5 Å². The summed E-state index contributed by atoms with van der Waals surface area (Å²) in [5, 5.41) is 5.79. The molecule has 0 spiro atoms. The second-order valence-corrected chi connectivity index (χ2v) is 8.51. The van der Waals surface area contributed by atoms with E-state index in [1.807, 2.05) is 50.3 Å². The number of nitrogens with zero attached hydrogens (tertiary/aromatic N) is 4. The topological polar surface area (TPSA) is 82.8 Å². The van der Waals surface area contributed by atoms with E-state index in [1.54, 1.807) is 39.7 Å². The number of methoxy groups -OCH3 is 3. The summed E-state index contributed by atoms with van der Waals surface area (Å²) in [6, 6.07) is 13.8. The van der Waals surface area contributed by atoms with Crippen LogP contribution in [0.3, 0.4) is 0 Å². The van der Waals surface area contributed by atoms with E-state index in [-0.39, 0.29) is 11.9 Å². The monoisotopic (exact) mass is 517 g/mol. The molecule has 0 fully saturated rings. The highest BCUT2D eigenvalue weighted by Crippen LogP contribution is 2.27. The van der Waals surface area contributed by atoms with Crippen molar-refractivity contribution in [3.05, 3.63) is 76.6 Å². The van der Waals surface area contributed by atoms with Gasteiger partial charge in [-0.05, 0) is 62.4 Å². The fourth-order valence-electron chi connectivity index (χ4n) is 4.33. The van der Waals surface area contributed by atoms with Crippen LogP contribution in [0.5, 0.6) is 5.88 Å². The highest BCUT2D eigenvalue weighted by molar-refractivity contribution is 5.71. The number of hydrogen-bond donors (Lipinski definition) is 1. The maximum atomic E-state index is 13.8. The standard InChI is InChI=1S/C29H32FN5O3/c1-6-22-27(7-2)35(21-12-10-19(30)11-13-21)28-16-25(32-20(17-36-3)18-37-4)24(15-26(28)33-22)34-23-9-8-14-31-29(23)38-5/h6-16,20,34H,17-18H2,1-5H3. The molecule has 0 saturated carbocycles. The zero-order valence-electron chi connectivity index (χ0n) is 22.2. The molecule has 0 atom stereocenters. The summed E-state index contributed by atoms with van der Waals surface area (Å²) in [5.74, 6) is 0.156. The van der Waals surface area contributed by atoms with Crippen molar-refractivity contribution < 1.29 is 18.6 Å². The van der Waals surface area contributed by atoms with Gasteiger partial charge in [0.15, 0.2) is 0 Å². The highest BCUT2D eigenvalue weighted by atomic mass is 19.1. The molecular weight excluding hydrogens is 485 g/mol. The fourth-order valence-corrected chi connectivity index (χ4v) is 4.33. The Morgan fingerprint density at radius 1 is 1.00 bits per heavy atom. The minimum atomic E-state index is -0.299. The molecule has 1 aliphatic heterocycles. The molecule has 0 amide bonds. The Labute approximate surface area is 221 Å². The van der Waals surface area contributed by atoms with E-state index in [1.165, 1.54) is 12.1 Å². The Hall–Kier alpha value is -4.08. The molecule has 4 rings (SSSR count). The second kappa shape index (κ2) is 12.4. The molecule has 1 aromatic carbocycles. The molecule has 9 heteroatoms. The molecule has 8 nitrogen and oxygen atoms in total. The van der Waals surface area contributed by atoms with Crippen molar-refractivity contribution in [1.82, 2.24) is 14.5 Å². The van der Waals surface area contributed by atoms with Crippen LogP contribution in [0, 0.1) is 5.82 Å². The van der Waals surface area contributed by atoms with Gasteiger partial charge in [-0.1, -0.05) is 12.2 Å². The van der Waals surface area contributed by atoms with Gasteiger partial charge in [-0.2, -0.15) is 0 Å². The number of fused-ring (bicyclic) bond motifs is 1. The van der Waals surface area contributed by atoms with Crippen molar-refractivity contribution in [3.63, 3.8) is 0 Å². The summed E-state index contributed by atoms with van der Waals surface area (Å²) in [5.41, 5.74) is 3.75. The van der Waals surface area contributed by atoms with Crippen molar-refractivity contribution in [1.29, 1.82) is 0 Å². The first-order chi connectivity index (χ1) is 18.5. The summed E-state index contributed by atoms with van der Waals surface area (Å²) in [7, 11) is 4.85. The summed E-state index contributed by atoms with van der Waals surface area (Å²) < 4.78 is 32.1. The van der Waals surface area contributed by atoms with Gasteiger partial charge in [0.25, 0.3) is 0 Å². The minimum absolute atomic E-state index is 0.244. The third kappa shape index (κ3) is 5.74. The molecule has 1 N–H and O–H groups in total. The fraction of sp³-hybridized carbons (Fsp3) is 0.276. The first-order valence-electron chi connectivity index (χ1n) is 12.3. The molecule has 1 aromatic heterocycles. The first-order valence-corrected chi connectivity index (χ1v) is 12.3. The van der Waals surface area contributed by atoms with Gasteiger partial charge >= 0.3 is 0 Å². The van der Waals surface area contributed by atoms with Crippen LogP contribution < -0.4 is 26.1 Å². The second-order valence-electron chi connectivity index (χ2n) is 8.51. The maximum absolute atomic E-state index is 13.8. The SMILES string of the molecule is CC=c1nc2cc(Nc3cccnc3OC)c(=NC(COC)COC)cc-2n(-c2ccc(F)cc2)c1=CC. The smallest absolute Gasteiger partial charge is 0.237 e. The summed E-state index contributed by atoms with van der Waals surface area (Å²) in [4.78, 5) is 14.2. The Morgan fingerprint density at radius 3 is 2.37 bits per heavy atom. The maximum Gasteiger partial charge on any atom is 0.237 e. The normalized spacial score (nSPS) is 13.1. The van der Waals surface area contributed by atoms with Crippen LogP contribution in [0.15, 0.2) is 59.7 Å². The predicted molar refractivity (Wildman–Crippen MR) is 147 cm³/mol. The average Bonchev–Trinajstić information content (AvgIpc) is 2.93. The zero-order chi connectivity index (χ0) is 27.1. The Balaban J connectivity index is 2.07. The number of nitrogens with one attached hydrogen (secondary N) is 1. The van der Waals surface area contributed by atoms with E-state index in [0.717, 1.165) is 33.5 Å². The number of rotatable bonds is 9. The Morgan fingerprint density at radius 2 is 1.74 bits per heavy atom. The third-order valence-electron chi connectivity index (χ3n) is 5.98. The van der Waals surface area contributed by atoms with Gasteiger partial charge in [-0.15, -0.1) is 0 Å². The molecule has 0 radical (unpaired) electrons. The summed E-state index contributed by atoms with van der Waals surface area (Å²) >= 11 is 0. The van der Waals surface area contributed by atoms with Crippen molar-refractivity contribution in [2.24, 2.45) is 4.99 Å². The number of anilines is 2. The molecule has 0 unspecified atom stereocenters. The van der Waals surface area contributed by atoms with Crippen LogP contribution >= 0.6 is 0 Å². The number of benzene rings is 2. The lowest BCUT2D eigenvalue weighted by molar-refractivity contribution is 0.118. The van der Waals surface area contributed by atoms with Gasteiger partial charge in [0.1, 0.15) is 11.5 Å². The van der Waals surface area contributed by atoms with Crippen molar-refractivity contribution in [2.75, 3.05) is 39.9 Å². The Bertz CT molecular complexity index is 1540. The molecule has 1 aliphatic carbocycles. The predicted octanol–water partition coefficient (Wildman–Crippen LogP) is 3.43. The molecular formula is C29H32FN5O3. The van der Waals surface area contributed by atoms with E-state index in [2.05, 4.69) is 14.9 Å². The Kier molecular flexibility index (Phi) is 8.83. The molecule has 2 heterocycles. The molecule has 198 valence electrons. The summed E-state index contributed by atoms with van der Waals surface area (Å²) in [6.45, 7) is 4.67. The first kappa shape index (κ1) is 27.0. The highest BCUT2D eigenvalue weighted by Gasteiger charge is 2.17. The number of hydrogen-bond acceptors (Lipinski definition) is 7. The quantitative estimate of drug-likeness (QED) is 0.366. The lowest BCUT2D eigenvalue weighted by Gasteiger charge is -2.20. The molecule has 0 saturated heterocycles. The van der Waals surface area contributed by atoms with Gasteiger partial charge in [-0.25, -0.2) is 14.4 Å². The van der Waals surface area contributed by atoms with E-state index in [9.17, 15) is 4.39 Å². The average molecular weight is 518 g/mol. The van der Waals surface area contributed by atoms with Crippen molar-refractivity contribution >= 4 is 23.5 Å². The van der Waals surface area contributed by atoms with E-state index >= 15 is 0 Å². The number of aromatic nitrogens is 3. The van der Waals surface area contributed by atoms with Crippen LogP contribution in [0.4, 0.5) is 15.8 Å². The van der Waals surface area contributed by atoms with Crippen LogP contribution in [0.25, 0.3) is 29.2 Å². The minimum Gasteiger partial charge on any atom is -0.480 e. The van der Waals surface area contributed by atoms with Crippen molar-refractivity contribution in [3.8, 4) is 23.0 Å². The molecule has 2 aromatic rings. The van der Waals surface area contributed by atoms with Crippen LogP contribution in [-0.2, 0) is 9.47 Å². The zero-order valence-corrected chi connectivity index (χ0v) is 22.2. The van der Waals surface area contributed by atoms with Crippen molar-refractivity contribution in [2.45, 2.75) is 19.9 Å². The van der Waals surface area contributed by atoms with Crippen LogP contribution in [0.2, 0.25) is 0 Å². The van der Waals surface area contributed by atoms with Crippen LogP contribution in [-0.4, -0.2) is 55.1 Å². The summed E-state index contributed by atoms with van der Waals surface area (Å²) in [6.07, 6.45) is 5.62. The van der Waals surface area contributed by atoms with Gasteiger partial charge < -0.3 is 24.1 Å². The number of pyridine rings is 1. The van der Waals surface area contributed by atoms with Gasteiger partial charge in [0.2, 0.25) is 5.88 Å². The van der Waals surface area contributed by atoms with Gasteiger partial charge in [-0.3, -0.25) is 4.99 Å². The van der Waals surface area contributed by atoms with Crippen LogP contribution in [0.1, 0.15) is 13.8 Å². The lowest BCUT2D eigenvalue weighted by atomic mass is 10.1. The number of ether oxygens (including phenoxy) is 3. The van der Waals surface area contributed by atoms with E-state index in [0.29, 0.717) is 30.1 Å². The van der Waals surface area contributed by atoms with E-state index in [4.69, 9.17) is 24.2 Å². The largest absolute Gasteiger partial charge is 0.480 e. The van der Waals surface area contributed by atoms with E-state index < -0.39 is 0 Å². The number of halogens is 1. The lowest BCUT2D eigenvalue weighted by Crippen LogP contribution is -2.39. The third-order valence-corrected chi connectivity index (χ3v) is 5.98. The van der Waals surface area contributed by atoms with Gasteiger partial charge in [0, 0.05) is 26.1 Å². The molecule has 0 bridgehead atoms.